The lowest BCUT2D eigenvalue weighted by atomic mass is 10.0. The van der Waals surface area contributed by atoms with Gasteiger partial charge in [-0.25, -0.2) is 4.79 Å². The van der Waals surface area contributed by atoms with Gasteiger partial charge in [0.15, 0.2) is 11.8 Å². The molecule has 1 aromatic rings. The molecule has 2 fully saturated rings. The van der Waals surface area contributed by atoms with Crippen LogP contribution in [0.4, 0.5) is 29.3 Å². The van der Waals surface area contributed by atoms with Gasteiger partial charge in [-0.2, -0.15) is 13.2 Å². The quantitative estimate of drug-likeness (QED) is 0.515. The van der Waals surface area contributed by atoms with Crippen LogP contribution in [0.5, 0.6) is 0 Å². The lowest BCUT2D eigenvalue weighted by Gasteiger charge is -2.41. The molecule has 0 aromatic heterocycles. The fraction of sp³-hybridized carbons (Fsp3) is 0.565. The molecule has 0 radical (unpaired) electrons. The Labute approximate surface area is 206 Å². The van der Waals surface area contributed by atoms with E-state index < -0.39 is 54.9 Å². The van der Waals surface area contributed by atoms with Crippen molar-refractivity contribution in [1.82, 2.24) is 15.1 Å². The van der Waals surface area contributed by atoms with Gasteiger partial charge in [-0.3, -0.25) is 19.3 Å². The van der Waals surface area contributed by atoms with Gasteiger partial charge in [0, 0.05) is 44.0 Å². The number of carbonyl (C=O) groups excluding carboxylic acids is 4. The normalized spacial score (nSPS) is 21.6. The predicted octanol–water partition coefficient (Wildman–Crippen LogP) is 1.98. The molecule has 2 saturated heterocycles. The monoisotopic (exact) mass is 513 g/mol. The van der Waals surface area contributed by atoms with Crippen LogP contribution >= 0.6 is 0 Å². The van der Waals surface area contributed by atoms with Crippen molar-refractivity contribution in [3.05, 3.63) is 24.3 Å². The highest BCUT2D eigenvalue weighted by Gasteiger charge is 2.48. The molecule has 0 saturated carbocycles. The van der Waals surface area contributed by atoms with Crippen molar-refractivity contribution in [2.45, 2.75) is 51.1 Å². The third kappa shape index (κ3) is 7.33. The molecule has 2 aliphatic rings. The van der Waals surface area contributed by atoms with Crippen LogP contribution in [-0.4, -0.2) is 90.1 Å². The molecule has 3 rings (SSSR count). The van der Waals surface area contributed by atoms with E-state index in [0.29, 0.717) is 5.69 Å². The number of nitrogens with zero attached hydrogens (tertiary/aromatic N) is 2. The largest absolute Gasteiger partial charge is 0.444 e. The summed E-state index contributed by atoms with van der Waals surface area (Å²) in [4.78, 5) is 50.8. The fourth-order valence-electron chi connectivity index (χ4n) is 3.90. The van der Waals surface area contributed by atoms with Crippen LogP contribution in [0.1, 0.15) is 27.2 Å². The van der Waals surface area contributed by atoms with E-state index in [2.05, 4.69) is 16.0 Å². The van der Waals surface area contributed by atoms with Crippen molar-refractivity contribution in [2.24, 2.45) is 0 Å². The molecule has 1 aromatic carbocycles. The van der Waals surface area contributed by atoms with Crippen LogP contribution in [0.15, 0.2) is 24.3 Å². The van der Waals surface area contributed by atoms with Crippen molar-refractivity contribution in [1.29, 1.82) is 0 Å². The Bertz CT molecular complexity index is 995. The first kappa shape index (κ1) is 27.2. The van der Waals surface area contributed by atoms with Crippen molar-refractivity contribution in [3.63, 3.8) is 0 Å². The van der Waals surface area contributed by atoms with Crippen LogP contribution in [0.25, 0.3) is 0 Å². The molecule has 0 bridgehead atoms. The summed E-state index contributed by atoms with van der Waals surface area (Å²) in [5, 5.41) is 7.95. The summed E-state index contributed by atoms with van der Waals surface area (Å²) < 4.78 is 46.5. The van der Waals surface area contributed by atoms with E-state index in [-0.39, 0.29) is 37.5 Å². The van der Waals surface area contributed by atoms with Crippen LogP contribution in [0.2, 0.25) is 0 Å². The number of amides is 3. The number of carbonyl (C=O) groups is 4. The number of piperazine rings is 1. The Morgan fingerprint density at radius 1 is 1.14 bits per heavy atom. The maximum atomic E-state index is 13.8. The molecule has 2 heterocycles. The summed E-state index contributed by atoms with van der Waals surface area (Å²) in [5.41, 5.74) is -0.175. The average molecular weight is 514 g/mol. The number of Topliss-reactive ketones (excluding diaryl/α,β-unsaturated/α-hetero) is 1. The Kier molecular flexibility index (Phi) is 8.12. The number of ether oxygens (including phenoxy) is 1. The van der Waals surface area contributed by atoms with Gasteiger partial charge in [0.25, 0.3) is 0 Å². The summed E-state index contributed by atoms with van der Waals surface area (Å²) in [6.45, 7) is 3.76. The zero-order valence-corrected chi connectivity index (χ0v) is 20.3. The van der Waals surface area contributed by atoms with E-state index in [9.17, 15) is 32.3 Å². The SMILES string of the molecule is CC(C)(C)OC(=O)N1CCN(CC(=O)Nc2cccc(NC3C(=O)CCNC3=O)c2)[C@H](C(F)(F)F)C1. The smallest absolute Gasteiger partial charge is 0.410 e. The molecule has 2 aliphatic heterocycles. The molecule has 1 unspecified atom stereocenters. The van der Waals surface area contributed by atoms with Gasteiger partial charge in [0.2, 0.25) is 11.8 Å². The first-order chi connectivity index (χ1) is 16.7. The second kappa shape index (κ2) is 10.7. The molecule has 3 amide bonds. The van der Waals surface area contributed by atoms with Gasteiger partial charge in [-0.05, 0) is 39.0 Å². The zero-order chi connectivity index (χ0) is 26.7. The van der Waals surface area contributed by atoms with Gasteiger partial charge >= 0.3 is 12.3 Å². The molecular formula is C23H30F3N5O5. The maximum absolute atomic E-state index is 13.8. The zero-order valence-electron chi connectivity index (χ0n) is 20.3. The molecule has 0 spiro atoms. The summed E-state index contributed by atoms with van der Waals surface area (Å²) in [7, 11) is 0. The number of piperidine rings is 1. The van der Waals surface area contributed by atoms with E-state index in [1.165, 1.54) is 12.1 Å². The molecule has 3 N–H and O–H groups in total. The second-order valence-corrected chi connectivity index (χ2v) is 9.67. The van der Waals surface area contributed by atoms with Gasteiger partial charge in [0.05, 0.1) is 6.54 Å². The summed E-state index contributed by atoms with van der Waals surface area (Å²) >= 11 is 0. The number of rotatable bonds is 5. The minimum atomic E-state index is -4.67. The molecule has 198 valence electrons. The van der Waals surface area contributed by atoms with Crippen LogP contribution in [0, 0.1) is 0 Å². The number of nitrogens with one attached hydrogen (secondary N) is 3. The van der Waals surface area contributed by atoms with Gasteiger partial charge < -0.3 is 25.6 Å². The van der Waals surface area contributed by atoms with Gasteiger partial charge in [-0.15, -0.1) is 0 Å². The third-order valence-corrected chi connectivity index (χ3v) is 5.58. The number of hydrogen-bond acceptors (Lipinski definition) is 7. The fourth-order valence-corrected chi connectivity index (χ4v) is 3.90. The van der Waals surface area contributed by atoms with Crippen molar-refractivity contribution in [2.75, 3.05) is 43.4 Å². The van der Waals surface area contributed by atoms with Gasteiger partial charge in [-0.1, -0.05) is 6.07 Å². The van der Waals surface area contributed by atoms with E-state index in [0.717, 1.165) is 9.80 Å². The lowest BCUT2D eigenvalue weighted by Crippen LogP contribution is -2.61. The molecule has 10 nitrogen and oxygen atoms in total. The maximum Gasteiger partial charge on any atom is 0.410 e. The summed E-state index contributed by atoms with van der Waals surface area (Å²) in [6, 6.07) is 3.09. The van der Waals surface area contributed by atoms with E-state index in [4.69, 9.17) is 4.74 Å². The molecule has 2 atom stereocenters. The van der Waals surface area contributed by atoms with Crippen molar-refractivity contribution >= 4 is 35.1 Å². The highest BCUT2D eigenvalue weighted by molar-refractivity contribution is 6.09. The minimum absolute atomic E-state index is 0.0222. The summed E-state index contributed by atoms with van der Waals surface area (Å²) in [5.74, 6) is -1.40. The van der Waals surface area contributed by atoms with E-state index in [1.807, 2.05) is 0 Å². The molecule has 13 heteroatoms. The van der Waals surface area contributed by atoms with E-state index >= 15 is 0 Å². The third-order valence-electron chi connectivity index (χ3n) is 5.58. The van der Waals surface area contributed by atoms with Crippen molar-refractivity contribution < 1.29 is 37.1 Å². The Morgan fingerprint density at radius 2 is 1.83 bits per heavy atom. The predicted molar refractivity (Wildman–Crippen MR) is 124 cm³/mol. The number of alkyl halides is 3. The second-order valence-electron chi connectivity index (χ2n) is 9.67. The molecular weight excluding hydrogens is 483 g/mol. The number of anilines is 2. The topological polar surface area (TPSA) is 120 Å². The first-order valence-electron chi connectivity index (χ1n) is 11.5. The Balaban J connectivity index is 1.62. The van der Waals surface area contributed by atoms with Crippen molar-refractivity contribution in [3.8, 4) is 0 Å². The average Bonchev–Trinajstić information content (AvgIpc) is 2.75. The molecule has 36 heavy (non-hydrogen) atoms. The number of benzene rings is 1. The van der Waals surface area contributed by atoms with Crippen LogP contribution < -0.4 is 16.0 Å². The van der Waals surface area contributed by atoms with Gasteiger partial charge in [0.1, 0.15) is 11.6 Å². The summed E-state index contributed by atoms with van der Waals surface area (Å²) in [6.07, 6.45) is -5.31. The minimum Gasteiger partial charge on any atom is -0.444 e. The Hall–Kier alpha value is -3.35. The highest BCUT2D eigenvalue weighted by atomic mass is 19.4. The standard InChI is InChI=1S/C23H30F3N5O5/c1-22(2,3)36-21(35)31-10-9-30(17(12-31)23(24,25)26)13-18(33)28-14-5-4-6-15(11-14)29-19-16(32)7-8-27-20(19)34/h4-6,11,17,19,29H,7-10,12-13H2,1-3H3,(H,27,34)(H,28,33)/t17-,19?/m0/s1. The number of ketones is 1. The number of hydrogen-bond donors (Lipinski definition) is 3. The molecule has 0 aliphatic carbocycles. The van der Waals surface area contributed by atoms with Crippen LogP contribution in [0.3, 0.4) is 0 Å². The number of halogens is 3. The van der Waals surface area contributed by atoms with Crippen LogP contribution in [-0.2, 0) is 19.1 Å². The Morgan fingerprint density at radius 3 is 2.47 bits per heavy atom. The van der Waals surface area contributed by atoms with E-state index in [1.54, 1.807) is 32.9 Å². The first-order valence-corrected chi connectivity index (χ1v) is 11.5. The lowest BCUT2D eigenvalue weighted by molar-refractivity contribution is -0.195. The highest BCUT2D eigenvalue weighted by Crippen LogP contribution is 2.29.